The van der Waals surface area contributed by atoms with Crippen molar-refractivity contribution in [1.82, 2.24) is 20.2 Å². The molecule has 12 nitrogen and oxygen atoms in total. The van der Waals surface area contributed by atoms with E-state index in [1.807, 2.05) is 0 Å². The monoisotopic (exact) mass is 580 g/mol. The Labute approximate surface area is 231 Å². The number of carbonyl (C=O) groups is 2. The molecule has 2 aromatic carbocycles. The minimum atomic E-state index is -3.81. The number of aromatic nitrogens is 2. The number of hydroxylamine groups is 1. The molecule has 1 aliphatic rings. The highest BCUT2D eigenvalue weighted by molar-refractivity contribution is 7.92. The van der Waals surface area contributed by atoms with Crippen molar-refractivity contribution < 1.29 is 42.2 Å². The standard InChI is InChI=1S/C25H31FN4O6S.CH2O2/c1-25(24(31)28-32,37(2,33)34)7-8-30-17-19-15-18(3-6-23(19)27-30)21-5-4-20(16-22(21)26)36-14-11-29-9-12-35-13-10-29;2-1-3/h3-6,15-17,32H,7-14H2,1-2H3,(H,28,31);1H,(H,2,3)/t25-;/m1./s1. The third-order valence-corrected chi connectivity index (χ3v) is 8.83. The number of carbonyl (C=O) groups excluding carboxylic acids is 1. The summed E-state index contributed by atoms with van der Waals surface area (Å²) >= 11 is 0. The molecule has 1 atom stereocenters. The number of nitrogens with zero attached hydrogens (tertiary/aromatic N) is 3. The van der Waals surface area contributed by atoms with Crippen LogP contribution >= 0.6 is 0 Å². The van der Waals surface area contributed by atoms with Crippen LogP contribution < -0.4 is 10.2 Å². The summed E-state index contributed by atoms with van der Waals surface area (Å²) in [6.07, 6.45) is 2.56. The molecule has 3 aromatic rings. The first-order valence-corrected chi connectivity index (χ1v) is 14.3. The molecule has 1 aliphatic heterocycles. The smallest absolute Gasteiger partial charge is 0.290 e. The van der Waals surface area contributed by atoms with E-state index in [1.165, 1.54) is 23.2 Å². The predicted molar refractivity (Wildman–Crippen MR) is 144 cm³/mol. The zero-order valence-corrected chi connectivity index (χ0v) is 23.1. The molecule has 1 fully saturated rings. The van der Waals surface area contributed by atoms with E-state index in [9.17, 15) is 17.6 Å². The van der Waals surface area contributed by atoms with Crippen molar-refractivity contribution in [2.75, 3.05) is 45.7 Å². The van der Waals surface area contributed by atoms with Gasteiger partial charge in [-0.2, -0.15) is 5.10 Å². The van der Waals surface area contributed by atoms with Crippen molar-refractivity contribution in [1.29, 1.82) is 0 Å². The predicted octanol–water partition coefficient (Wildman–Crippen LogP) is 1.95. The second kappa shape index (κ2) is 13.7. The van der Waals surface area contributed by atoms with Gasteiger partial charge >= 0.3 is 0 Å². The van der Waals surface area contributed by atoms with E-state index in [0.717, 1.165) is 31.3 Å². The Morgan fingerprint density at radius 1 is 1.23 bits per heavy atom. The third kappa shape index (κ3) is 7.53. The lowest BCUT2D eigenvalue weighted by Gasteiger charge is -2.26. The number of ether oxygens (including phenoxy) is 2. The fourth-order valence-corrected chi connectivity index (χ4v) is 5.05. The van der Waals surface area contributed by atoms with Gasteiger partial charge in [-0.15, -0.1) is 0 Å². The molecule has 0 unspecified atom stereocenters. The van der Waals surface area contributed by atoms with Crippen LogP contribution in [0.15, 0.2) is 42.6 Å². The van der Waals surface area contributed by atoms with Gasteiger partial charge in [0.15, 0.2) is 14.6 Å². The number of morpholine rings is 1. The lowest BCUT2D eigenvalue weighted by atomic mass is 10.0. The van der Waals surface area contributed by atoms with Crippen LogP contribution in [0.4, 0.5) is 4.39 Å². The molecular formula is C26H33FN4O8S. The van der Waals surface area contributed by atoms with Gasteiger partial charge in [0, 0.05) is 55.6 Å². The van der Waals surface area contributed by atoms with Crippen molar-refractivity contribution in [2.24, 2.45) is 0 Å². The van der Waals surface area contributed by atoms with E-state index in [4.69, 9.17) is 24.6 Å². The van der Waals surface area contributed by atoms with Gasteiger partial charge in [0.2, 0.25) is 0 Å². The average molecular weight is 581 g/mol. The molecule has 0 aliphatic carbocycles. The largest absolute Gasteiger partial charge is 0.492 e. The number of aryl methyl sites for hydroxylation is 1. The fraction of sp³-hybridized carbons (Fsp3) is 0.423. The average Bonchev–Trinajstić information content (AvgIpc) is 3.34. The van der Waals surface area contributed by atoms with E-state index in [0.29, 0.717) is 42.2 Å². The van der Waals surface area contributed by atoms with Gasteiger partial charge in [-0.3, -0.25) is 24.4 Å². The van der Waals surface area contributed by atoms with Gasteiger partial charge in [-0.1, -0.05) is 6.07 Å². The van der Waals surface area contributed by atoms with Crippen LogP contribution in [0.2, 0.25) is 0 Å². The van der Waals surface area contributed by atoms with Gasteiger partial charge in [-0.25, -0.2) is 18.3 Å². The number of benzene rings is 2. The SMILES string of the molecule is C[C@@](CCn1cc2cc(-c3ccc(OCCN4CCOCC4)cc3F)ccc2n1)(C(=O)NO)S(C)(=O)=O.O=CO. The van der Waals surface area contributed by atoms with Crippen molar-refractivity contribution in [3.8, 4) is 16.9 Å². The zero-order chi connectivity index (χ0) is 29.3. The summed E-state index contributed by atoms with van der Waals surface area (Å²) in [6, 6.07) is 10.1. The molecule has 3 N–H and O–H groups in total. The Morgan fingerprint density at radius 3 is 2.55 bits per heavy atom. The first-order valence-electron chi connectivity index (χ1n) is 12.4. The van der Waals surface area contributed by atoms with E-state index in [-0.39, 0.29) is 19.4 Å². The minimum Gasteiger partial charge on any atom is -0.492 e. The highest BCUT2D eigenvalue weighted by Gasteiger charge is 2.43. The van der Waals surface area contributed by atoms with Crippen LogP contribution in [-0.2, 0) is 30.7 Å². The fourth-order valence-electron chi connectivity index (χ4n) is 4.21. The molecule has 1 amide bonds. The first kappa shape index (κ1) is 30.9. The molecule has 0 bridgehead atoms. The van der Waals surface area contributed by atoms with E-state index < -0.39 is 26.3 Å². The summed E-state index contributed by atoms with van der Waals surface area (Å²) in [5, 5.41) is 21.0. The van der Waals surface area contributed by atoms with Crippen LogP contribution in [0.3, 0.4) is 0 Å². The van der Waals surface area contributed by atoms with Gasteiger partial charge < -0.3 is 14.6 Å². The van der Waals surface area contributed by atoms with Crippen molar-refractivity contribution in [3.05, 3.63) is 48.4 Å². The maximum atomic E-state index is 15.0. The molecule has 4 rings (SSSR count). The van der Waals surface area contributed by atoms with E-state index >= 15 is 0 Å². The normalized spacial score (nSPS) is 15.5. The Bertz CT molecular complexity index is 1430. The number of fused-ring (bicyclic) bond motifs is 1. The van der Waals surface area contributed by atoms with Crippen LogP contribution in [0.5, 0.6) is 5.75 Å². The van der Waals surface area contributed by atoms with Crippen molar-refractivity contribution in [2.45, 2.75) is 24.6 Å². The summed E-state index contributed by atoms with van der Waals surface area (Å²) in [6.45, 7) is 5.50. The molecule has 0 spiro atoms. The topological polar surface area (TPSA) is 160 Å². The first-order chi connectivity index (χ1) is 19.0. The van der Waals surface area contributed by atoms with E-state index in [2.05, 4.69) is 10.00 Å². The number of rotatable bonds is 10. The summed E-state index contributed by atoms with van der Waals surface area (Å²) in [5.41, 5.74) is 3.15. The lowest BCUT2D eigenvalue weighted by molar-refractivity contribution is -0.131. The number of amides is 1. The van der Waals surface area contributed by atoms with Crippen LogP contribution in [0.25, 0.3) is 22.0 Å². The van der Waals surface area contributed by atoms with Gasteiger partial charge in [-0.05, 0) is 43.2 Å². The van der Waals surface area contributed by atoms with E-state index in [1.54, 1.807) is 36.5 Å². The quantitative estimate of drug-likeness (QED) is 0.184. The zero-order valence-electron chi connectivity index (χ0n) is 22.2. The Kier molecular flexibility index (Phi) is 10.6. The maximum absolute atomic E-state index is 15.0. The van der Waals surface area contributed by atoms with Gasteiger partial charge in [0.25, 0.3) is 12.4 Å². The molecule has 218 valence electrons. The summed E-state index contributed by atoms with van der Waals surface area (Å²) in [5.74, 6) is -0.947. The summed E-state index contributed by atoms with van der Waals surface area (Å²) < 4.78 is 50.1. The Hall–Kier alpha value is -3.59. The van der Waals surface area contributed by atoms with Crippen LogP contribution in [0.1, 0.15) is 13.3 Å². The van der Waals surface area contributed by atoms with Crippen molar-refractivity contribution >= 4 is 33.1 Å². The van der Waals surface area contributed by atoms with Crippen LogP contribution in [0, 0.1) is 5.82 Å². The second-order valence-electron chi connectivity index (χ2n) is 9.41. The molecule has 1 saturated heterocycles. The maximum Gasteiger partial charge on any atom is 0.290 e. The minimum absolute atomic E-state index is 0.0965. The number of hydrogen-bond donors (Lipinski definition) is 3. The highest BCUT2D eigenvalue weighted by atomic mass is 32.2. The number of halogens is 1. The molecule has 14 heteroatoms. The third-order valence-electron chi connectivity index (χ3n) is 6.80. The lowest BCUT2D eigenvalue weighted by Crippen LogP contribution is -2.49. The molecular weight excluding hydrogens is 547 g/mol. The Morgan fingerprint density at radius 2 is 1.93 bits per heavy atom. The summed E-state index contributed by atoms with van der Waals surface area (Å²) in [7, 11) is -3.81. The summed E-state index contributed by atoms with van der Waals surface area (Å²) in [4.78, 5) is 22.6. The molecule has 40 heavy (non-hydrogen) atoms. The number of nitrogens with one attached hydrogen (secondary N) is 1. The Balaban J connectivity index is 0.00000141. The molecule has 0 radical (unpaired) electrons. The van der Waals surface area contributed by atoms with Gasteiger partial charge in [0.05, 0.1) is 18.7 Å². The van der Waals surface area contributed by atoms with Crippen LogP contribution in [-0.4, -0.2) is 96.2 Å². The molecule has 2 heterocycles. The highest BCUT2D eigenvalue weighted by Crippen LogP contribution is 2.29. The number of sulfone groups is 1. The molecule has 0 saturated carbocycles. The van der Waals surface area contributed by atoms with Gasteiger partial charge in [0.1, 0.15) is 18.2 Å². The molecule has 1 aromatic heterocycles. The number of hydrogen-bond acceptors (Lipinski definition) is 9. The number of carboxylic acid groups (broad SMARTS) is 1. The second-order valence-corrected chi connectivity index (χ2v) is 11.9. The van der Waals surface area contributed by atoms with Crippen molar-refractivity contribution in [3.63, 3.8) is 0 Å².